The Balaban J connectivity index is 1.44. The van der Waals surface area contributed by atoms with Crippen LogP contribution in [0.25, 0.3) is 54.6 Å². The maximum absolute atomic E-state index is 6.19. The second-order valence-corrected chi connectivity index (χ2v) is 10.7. The molecule has 0 amide bonds. The van der Waals surface area contributed by atoms with Gasteiger partial charge in [0.1, 0.15) is 11.2 Å². The Bertz CT molecular complexity index is 2220. The fraction of sp³-hybridized carbons (Fsp3) is 0.0256. The van der Waals surface area contributed by atoms with E-state index in [2.05, 4.69) is 145 Å². The minimum atomic E-state index is 0.895. The van der Waals surface area contributed by atoms with Gasteiger partial charge in [0.25, 0.3) is 0 Å². The number of aryl methyl sites for hydroxylation is 1. The first-order chi connectivity index (χ1) is 20.2. The summed E-state index contributed by atoms with van der Waals surface area (Å²) in [5.74, 6) is 0. The Labute approximate surface area is 238 Å². The lowest BCUT2D eigenvalue weighted by atomic mass is 9.93. The summed E-state index contributed by atoms with van der Waals surface area (Å²) in [6.45, 7) is 2.13. The molecule has 41 heavy (non-hydrogen) atoms. The summed E-state index contributed by atoms with van der Waals surface area (Å²) in [5, 5.41) is 7.17. The molecular weight excluding hydrogens is 498 g/mol. The van der Waals surface area contributed by atoms with E-state index < -0.39 is 0 Å². The van der Waals surface area contributed by atoms with Gasteiger partial charge in [-0.1, -0.05) is 103 Å². The summed E-state index contributed by atoms with van der Waals surface area (Å²) < 4.78 is 6.19. The highest BCUT2D eigenvalue weighted by atomic mass is 16.3. The molecular formula is C39H27NO. The minimum Gasteiger partial charge on any atom is -0.456 e. The van der Waals surface area contributed by atoms with Crippen molar-refractivity contribution in [1.29, 1.82) is 0 Å². The number of para-hydroxylation sites is 1. The first-order valence-corrected chi connectivity index (χ1v) is 14.0. The Morgan fingerprint density at radius 2 is 1.12 bits per heavy atom. The van der Waals surface area contributed by atoms with Gasteiger partial charge in [-0.3, -0.25) is 0 Å². The van der Waals surface area contributed by atoms with Crippen molar-refractivity contribution in [2.45, 2.75) is 6.92 Å². The zero-order chi connectivity index (χ0) is 27.3. The predicted octanol–water partition coefficient (Wildman–Crippen LogP) is 11.3. The second kappa shape index (κ2) is 9.39. The lowest BCUT2D eigenvalue weighted by Gasteiger charge is -2.29. The highest BCUT2D eigenvalue weighted by Gasteiger charge is 2.21. The molecule has 8 rings (SSSR count). The summed E-state index contributed by atoms with van der Waals surface area (Å²) >= 11 is 0. The van der Waals surface area contributed by atoms with Crippen molar-refractivity contribution in [2.24, 2.45) is 0 Å². The molecule has 2 heteroatoms. The lowest BCUT2D eigenvalue weighted by Crippen LogP contribution is -2.11. The standard InChI is InChI=1S/C39H27NO/c1-26-14-19-31(20-15-26)40(32-21-23-38-35(25-32)34-12-6-7-13-37(34)41-38)36-22-18-28-9-4-5-11-33(28)39(36)30-17-16-27-8-2-3-10-29(27)24-30/h2-25H,1H3. The normalized spacial score (nSPS) is 11.5. The highest BCUT2D eigenvalue weighted by molar-refractivity contribution is 6.09. The fourth-order valence-electron chi connectivity index (χ4n) is 6.07. The van der Waals surface area contributed by atoms with E-state index >= 15 is 0 Å². The van der Waals surface area contributed by atoms with Gasteiger partial charge in [-0.05, 0) is 82.6 Å². The number of fused-ring (bicyclic) bond motifs is 5. The van der Waals surface area contributed by atoms with Crippen molar-refractivity contribution in [3.05, 3.63) is 151 Å². The summed E-state index contributed by atoms with van der Waals surface area (Å²) in [6, 6.07) is 52.2. The third-order valence-electron chi connectivity index (χ3n) is 8.10. The van der Waals surface area contributed by atoms with Crippen LogP contribution in [-0.4, -0.2) is 0 Å². The topological polar surface area (TPSA) is 16.4 Å². The molecule has 0 atom stereocenters. The van der Waals surface area contributed by atoms with Crippen molar-refractivity contribution in [3.63, 3.8) is 0 Å². The molecule has 0 saturated carbocycles. The van der Waals surface area contributed by atoms with Crippen molar-refractivity contribution in [2.75, 3.05) is 4.90 Å². The monoisotopic (exact) mass is 525 g/mol. The van der Waals surface area contributed by atoms with Crippen molar-refractivity contribution in [1.82, 2.24) is 0 Å². The van der Waals surface area contributed by atoms with Crippen LogP contribution < -0.4 is 4.90 Å². The number of rotatable bonds is 4. The molecule has 7 aromatic carbocycles. The van der Waals surface area contributed by atoms with Crippen LogP contribution in [-0.2, 0) is 0 Å². The van der Waals surface area contributed by atoms with E-state index in [9.17, 15) is 0 Å². The van der Waals surface area contributed by atoms with Crippen molar-refractivity contribution >= 4 is 60.5 Å². The SMILES string of the molecule is Cc1ccc(N(c2ccc3oc4ccccc4c3c2)c2ccc3ccccc3c2-c2ccc3ccccc3c2)cc1. The molecule has 0 aliphatic rings. The first-order valence-electron chi connectivity index (χ1n) is 14.0. The van der Waals surface area contributed by atoms with Gasteiger partial charge >= 0.3 is 0 Å². The van der Waals surface area contributed by atoms with Gasteiger partial charge in [-0.15, -0.1) is 0 Å². The molecule has 194 valence electrons. The first kappa shape index (κ1) is 23.5. The van der Waals surface area contributed by atoms with Gasteiger partial charge < -0.3 is 9.32 Å². The average Bonchev–Trinajstić information content (AvgIpc) is 3.40. The molecule has 0 bridgehead atoms. The summed E-state index contributed by atoms with van der Waals surface area (Å²) in [6.07, 6.45) is 0. The third-order valence-corrected chi connectivity index (χ3v) is 8.10. The number of hydrogen-bond acceptors (Lipinski definition) is 2. The molecule has 0 N–H and O–H groups in total. The molecule has 0 fully saturated rings. The van der Waals surface area contributed by atoms with Crippen LogP contribution in [0.1, 0.15) is 5.56 Å². The molecule has 0 aliphatic carbocycles. The van der Waals surface area contributed by atoms with Gasteiger partial charge in [0.05, 0.1) is 5.69 Å². The van der Waals surface area contributed by atoms with Crippen LogP contribution in [0.15, 0.2) is 150 Å². The smallest absolute Gasteiger partial charge is 0.135 e. The van der Waals surface area contributed by atoms with Crippen LogP contribution in [0.4, 0.5) is 17.1 Å². The predicted molar refractivity (Wildman–Crippen MR) is 174 cm³/mol. The molecule has 0 radical (unpaired) electrons. The molecule has 1 heterocycles. The summed E-state index contributed by atoms with van der Waals surface area (Å²) in [7, 11) is 0. The summed E-state index contributed by atoms with van der Waals surface area (Å²) in [4.78, 5) is 2.39. The number of anilines is 3. The molecule has 0 saturated heterocycles. The Hall–Kier alpha value is -5.34. The number of nitrogens with zero attached hydrogens (tertiary/aromatic N) is 1. The van der Waals surface area contributed by atoms with Crippen LogP contribution in [0.2, 0.25) is 0 Å². The fourth-order valence-corrected chi connectivity index (χ4v) is 6.07. The second-order valence-electron chi connectivity index (χ2n) is 10.7. The molecule has 0 spiro atoms. The molecule has 0 aliphatic heterocycles. The minimum absolute atomic E-state index is 0.895. The highest BCUT2D eigenvalue weighted by Crippen LogP contribution is 2.46. The van der Waals surface area contributed by atoms with E-state index in [4.69, 9.17) is 4.42 Å². The zero-order valence-corrected chi connectivity index (χ0v) is 22.7. The van der Waals surface area contributed by atoms with Crippen LogP contribution in [0, 0.1) is 6.92 Å². The van der Waals surface area contributed by atoms with Crippen LogP contribution in [0.3, 0.4) is 0 Å². The van der Waals surface area contributed by atoms with E-state index in [1.165, 1.54) is 38.2 Å². The van der Waals surface area contributed by atoms with E-state index in [0.29, 0.717) is 0 Å². The molecule has 8 aromatic rings. The van der Waals surface area contributed by atoms with E-state index in [1.54, 1.807) is 0 Å². The Morgan fingerprint density at radius 1 is 0.463 bits per heavy atom. The van der Waals surface area contributed by atoms with Gasteiger partial charge in [-0.2, -0.15) is 0 Å². The van der Waals surface area contributed by atoms with E-state index in [0.717, 1.165) is 39.0 Å². The van der Waals surface area contributed by atoms with Gasteiger partial charge in [0, 0.05) is 27.7 Å². The Kier molecular flexibility index (Phi) is 5.39. The van der Waals surface area contributed by atoms with Crippen LogP contribution >= 0.6 is 0 Å². The largest absolute Gasteiger partial charge is 0.456 e. The molecule has 0 unspecified atom stereocenters. The number of hydrogen-bond donors (Lipinski definition) is 0. The van der Waals surface area contributed by atoms with Gasteiger partial charge in [0.2, 0.25) is 0 Å². The maximum atomic E-state index is 6.19. The van der Waals surface area contributed by atoms with Gasteiger partial charge in [0.15, 0.2) is 0 Å². The number of furan rings is 1. The lowest BCUT2D eigenvalue weighted by molar-refractivity contribution is 0.669. The maximum Gasteiger partial charge on any atom is 0.135 e. The third kappa shape index (κ3) is 3.96. The molecule has 2 nitrogen and oxygen atoms in total. The van der Waals surface area contributed by atoms with Crippen molar-refractivity contribution in [3.8, 4) is 11.1 Å². The van der Waals surface area contributed by atoms with E-state index in [-0.39, 0.29) is 0 Å². The quantitative estimate of drug-likeness (QED) is 0.227. The van der Waals surface area contributed by atoms with Crippen LogP contribution in [0.5, 0.6) is 0 Å². The van der Waals surface area contributed by atoms with E-state index in [1.807, 2.05) is 12.1 Å². The zero-order valence-electron chi connectivity index (χ0n) is 22.7. The molecule has 1 aromatic heterocycles. The summed E-state index contributed by atoms with van der Waals surface area (Å²) in [5.41, 5.74) is 8.78. The average molecular weight is 526 g/mol. The number of benzene rings is 7. The van der Waals surface area contributed by atoms with Crippen molar-refractivity contribution < 1.29 is 4.42 Å². The Morgan fingerprint density at radius 3 is 1.98 bits per heavy atom. The van der Waals surface area contributed by atoms with Gasteiger partial charge in [-0.25, -0.2) is 0 Å².